The second kappa shape index (κ2) is 8.47. The van der Waals surface area contributed by atoms with Gasteiger partial charge in [-0.05, 0) is 30.9 Å². The molecule has 2 fully saturated rings. The number of imide groups is 1. The van der Waals surface area contributed by atoms with E-state index in [4.69, 9.17) is 9.98 Å². The van der Waals surface area contributed by atoms with Gasteiger partial charge in [0, 0.05) is 19.8 Å². The van der Waals surface area contributed by atoms with Gasteiger partial charge in [-0.3, -0.25) is 19.2 Å². The summed E-state index contributed by atoms with van der Waals surface area (Å²) >= 11 is 3.40. The lowest BCUT2D eigenvalue weighted by Gasteiger charge is -2.33. The van der Waals surface area contributed by atoms with Crippen LogP contribution in [0.4, 0.5) is 4.79 Å². The number of likely N-dealkylation sites (N-methyl/N-ethyl adjacent to an activating group) is 2. The molecule has 8 nitrogen and oxygen atoms in total. The lowest BCUT2D eigenvalue weighted by atomic mass is 10.0. The minimum atomic E-state index is -0.548. The van der Waals surface area contributed by atoms with E-state index in [2.05, 4.69) is 22.5 Å². The maximum atomic E-state index is 13.1. The summed E-state index contributed by atoms with van der Waals surface area (Å²) in [5.41, 5.74) is 1.02. The maximum absolute atomic E-state index is 13.1. The van der Waals surface area contributed by atoms with Crippen molar-refractivity contribution in [2.24, 2.45) is 10.9 Å². The van der Waals surface area contributed by atoms with E-state index in [1.807, 2.05) is 18.2 Å². The second-order valence-corrected chi connectivity index (χ2v) is 10.9. The van der Waals surface area contributed by atoms with Gasteiger partial charge in [0.2, 0.25) is 11.9 Å². The predicted octanol–water partition coefficient (Wildman–Crippen LogP) is 2.79. The zero-order chi connectivity index (χ0) is 22.4. The Morgan fingerprint density at radius 2 is 1.91 bits per heavy atom. The highest BCUT2D eigenvalue weighted by Crippen LogP contribution is 2.30. The largest absolute Gasteiger partial charge is 0.392 e. The van der Waals surface area contributed by atoms with Crippen LogP contribution in [0.3, 0.4) is 0 Å². The average Bonchev–Trinajstić information content (AvgIpc) is 3.38. The van der Waals surface area contributed by atoms with E-state index in [1.165, 1.54) is 14.5 Å². The minimum Gasteiger partial charge on any atom is -0.270 e. The number of carbonyl (C=O) groups excluding carboxylic acids is 2. The molecule has 0 radical (unpaired) electrons. The molecule has 0 aliphatic carbocycles. The van der Waals surface area contributed by atoms with Gasteiger partial charge in [-0.2, -0.15) is 0 Å². The summed E-state index contributed by atoms with van der Waals surface area (Å²) in [6, 6.07) is 7.27. The Bertz CT molecular complexity index is 1100. The van der Waals surface area contributed by atoms with Gasteiger partial charge < -0.3 is 0 Å². The number of piperidine rings is 1. The normalized spacial score (nSPS) is 24.0. The Balaban J connectivity index is 1.40. The highest BCUT2D eigenvalue weighted by molar-refractivity contribution is 8.01. The van der Waals surface area contributed by atoms with Gasteiger partial charge in [-0.15, -0.1) is 11.3 Å². The number of aromatic nitrogens is 1. The molecule has 1 aromatic heterocycles. The van der Waals surface area contributed by atoms with Gasteiger partial charge in [-0.1, -0.05) is 35.8 Å². The average molecular weight is 472 g/mol. The first kappa shape index (κ1) is 21.4. The number of benzene rings is 1. The summed E-state index contributed by atoms with van der Waals surface area (Å²) in [6.45, 7) is 4.77. The van der Waals surface area contributed by atoms with Crippen LogP contribution in [0, 0.1) is 5.92 Å². The van der Waals surface area contributed by atoms with E-state index in [9.17, 15) is 9.59 Å². The molecule has 0 N–H and O–H groups in total. The van der Waals surface area contributed by atoms with E-state index in [1.54, 1.807) is 37.2 Å². The first-order chi connectivity index (χ1) is 15.4. The number of carbonyl (C=O) groups is 2. The highest BCUT2D eigenvalue weighted by Gasteiger charge is 2.55. The standard InChI is InChI=1S/C22H27N6O2S2/c1-14-8-10-27(11-9-14)20-24-18-17(19(29)26(3)22(30)25(18)2)28(20)12-13-31-21-23-15-6-4-5-7-16(15)32-21/h4-7,14,17H,8-13H2,1-3H3/q+1. The molecule has 2 aromatic rings. The molecule has 0 saturated carbocycles. The quantitative estimate of drug-likeness (QED) is 0.507. The molecule has 3 amide bonds. The lowest BCUT2D eigenvalue weighted by molar-refractivity contribution is -0.545. The van der Waals surface area contributed by atoms with Crippen molar-refractivity contribution in [3.05, 3.63) is 24.3 Å². The number of hydrogen-bond acceptors (Lipinski definition) is 5. The molecule has 1 aromatic carbocycles. The van der Waals surface area contributed by atoms with Crippen LogP contribution in [0.5, 0.6) is 0 Å². The van der Waals surface area contributed by atoms with Crippen molar-refractivity contribution < 1.29 is 14.2 Å². The summed E-state index contributed by atoms with van der Waals surface area (Å²) < 4.78 is 4.49. The number of thiazole rings is 1. The summed E-state index contributed by atoms with van der Waals surface area (Å²) in [4.78, 5) is 40.0. The molecule has 4 heterocycles. The maximum Gasteiger partial charge on any atom is 0.392 e. The topological polar surface area (TPSA) is 72.1 Å². The van der Waals surface area contributed by atoms with Crippen LogP contribution in [0.25, 0.3) is 10.2 Å². The zero-order valence-corrected chi connectivity index (χ0v) is 20.2. The Hall–Kier alpha value is -2.46. The SMILES string of the molecule is CC1CC[N+](=C2N=C3C(C(=O)N(C)C(=O)N3C)N2CCSc2nc3ccccc3s2)CC1. The van der Waals surface area contributed by atoms with Crippen LogP contribution in [-0.4, -0.2) is 93.5 Å². The fourth-order valence-corrected chi connectivity index (χ4v) is 6.50. The number of fused-ring (bicyclic) bond motifs is 2. The fourth-order valence-electron chi connectivity index (χ4n) is 4.42. The van der Waals surface area contributed by atoms with Gasteiger partial charge >= 0.3 is 12.0 Å². The molecule has 3 aliphatic rings. The van der Waals surface area contributed by atoms with Crippen molar-refractivity contribution in [1.82, 2.24) is 19.7 Å². The fraction of sp³-hybridized carbons (Fsp3) is 0.500. The first-order valence-corrected chi connectivity index (χ1v) is 12.7. The van der Waals surface area contributed by atoms with Crippen LogP contribution in [0.2, 0.25) is 0 Å². The summed E-state index contributed by atoms with van der Waals surface area (Å²) in [5.74, 6) is 2.63. The lowest BCUT2D eigenvalue weighted by Crippen LogP contribution is -2.63. The van der Waals surface area contributed by atoms with Crippen LogP contribution in [-0.2, 0) is 4.79 Å². The number of amidine groups is 1. The Morgan fingerprint density at radius 1 is 1.16 bits per heavy atom. The van der Waals surface area contributed by atoms with Gasteiger partial charge in [0.15, 0.2) is 4.34 Å². The van der Waals surface area contributed by atoms with E-state index in [0.29, 0.717) is 18.3 Å². The van der Waals surface area contributed by atoms with Gasteiger partial charge in [-0.25, -0.2) is 14.7 Å². The van der Waals surface area contributed by atoms with E-state index in [-0.39, 0.29) is 11.9 Å². The van der Waals surface area contributed by atoms with E-state index in [0.717, 1.165) is 47.5 Å². The number of para-hydroxylation sites is 1. The number of rotatable bonds is 4. The predicted molar refractivity (Wildman–Crippen MR) is 128 cm³/mol. The van der Waals surface area contributed by atoms with Crippen LogP contribution in [0.1, 0.15) is 19.8 Å². The molecule has 10 heteroatoms. The van der Waals surface area contributed by atoms with Crippen LogP contribution in [0.15, 0.2) is 33.6 Å². The third kappa shape index (κ3) is 3.69. The molecule has 5 rings (SSSR count). The summed E-state index contributed by atoms with van der Waals surface area (Å²) in [7, 11) is 3.25. The number of thioether (sulfide) groups is 1. The van der Waals surface area contributed by atoms with E-state index < -0.39 is 6.04 Å². The van der Waals surface area contributed by atoms with Crippen molar-refractivity contribution in [3.63, 3.8) is 0 Å². The zero-order valence-electron chi connectivity index (χ0n) is 18.5. The molecule has 0 spiro atoms. The summed E-state index contributed by atoms with van der Waals surface area (Å²) in [5, 5.41) is 0. The van der Waals surface area contributed by atoms with Gasteiger partial charge in [0.05, 0.1) is 29.9 Å². The highest BCUT2D eigenvalue weighted by atomic mass is 32.2. The third-order valence-electron chi connectivity index (χ3n) is 6.41. The molecule has 0 bridgehead atoms. The van der Waals surface area contributed by atoms with Crippen molar-refractivity contribution in [3.8, 4) is 0 Å². The monoisotopic (exact) mass is 471 g/mol. The Morgan fingerprint density at radius 3 is 2.66 bits per heavy atom. The first-order valence-electron chi connectivity index (χ1n) is 10.9. The number of nitrogens with zero attached hydrogens (tertiary/aromatic N) is 6. The number of hydrogen-bond donors (Lipinski definition) is 0. The van der Waals surface area contributed by atoms with Gasteiger partial charge in [0.25, 0.3) is 5.91 Å². The van der Waals surface area contributed by atoms with Crippen LogP contribution >= 0.6 is 23.1 Å². The number of urea groups is 1. The molecule has 168 valence electrons. The number of amides is 3. The van der Waals surface area contributed by atoms with Crippen molar-refractivity contribution in [2.75, 3.05) is 39.5 Å². The molecular formula is C22H27N6O2S2+. The smallest absolute Gasteiger partial charge is 0.270 e. The number of guanidine groups is 1. The van der Waals surface area contributed by atoms with E-state index >= 15 is 0 Å². The van der Waals surface area contributed by atoms with Crippen molar-refractivity contribution >= 4 is 57.0 Å². The van der Waals surface area contributed by atoms with Gasteiger partial charge in [0.1, 0.15) is 0 Å². The minimum absolute atomic E-state index is 0.211. The second-order valence-electron chi connectivity index (χ2n) is 8.57. The number of aliphatic imine (C=N–C) groups is 1. The Labute approximate surface area is 195 Å². The molecule has 1 unspecified atom stereocenters. The molecular weight excluding hydrogens is 444 g/mol. The molecule has 2 saturated heterocycles. The van der Waals surface area contributed by atoms with Crippen molar-refractivity contribution in [2.45, 2.75) is 30.1 Å². The molecule has 1 atom stereocenters. The molecule has 3 aliphatic heterocycles. The molecule has 32 heavy (non-hydrogen) atoms. The summed E-state index contributed by atoms with van der Waals surface area (Å²) in [6.07, 6.45) is 2.21. The van der Waals surface area contributed by atoms with Crippen molar-refractivity contribution in [1.29, 1.82) is 0 Å². The third-order valence-corrected chi connectivity index (χ3v) is 8.57. The van der Waals surface area contributed by atoms with Crippen LogP contribution < -0.4 is 0 Å². The Kier molecular flexibility index (Phi) is 5.66.